The van der Waals surface area contributed by atoms with Gasteiger partial charge in [-0.15, -0.1) is 0 Å². The van der Waals surface area contributed by atoms with E-state index in [-0.39, 0.29) is 0 Å². The third-order valence-electron chi connectivity index (χ3n) is 1.46. The lowest BCUT2D eigenvalue weighted by Gasteiger charge is -2.08. The number of hydrogen-bond donors (Lipinski definition) is 0. The lowest BCUT2D eigenvalue weighted by Crippen LogP contribution is -1.95. The van der Waals surface area contributed by atoms with E-state index in [0.29, 0.717) is 0 Å². The Labute approximate surface area is 59.9 Å². The smallest absolute Gasteiger partial charge is 0.165 e. The first-order chi connectivity index (χ1) is 4.97. The van der Waals surface area contributed by atoms with E-state index in [1.807, 2.05) is 24.3 Å². The molecule has 0 N–H and O–H groups in total. The average Bonchev–Trinajstić information content (AvgIpc) is 2.05. The molecule has 48 valence electrons. The van der Waals surface area contributed by atoms with Gasteiger partial charge in [0.2, 0.25) is 0 Å². The van der Waals surface area contributed by atoms with Crippen LogP contribution in [0.25, 0.3) is 0 Å². The number of ether oxygens (including phenoxy) is 1. The summed E-state index contributed by atoms with van der Waals surface area (Å²) in [4.78, 5) is 0. The fraction of sp³-hybridized carbons (Fsp3) is 0.111. The summed E-state index contributed by atoms with van der Waals surface area (Å²) < 4.78 is 5.09. The van der Waals surface area contributed by atoms with Crippen LogP contribution in [0.1, 0.15) is 5.56 Å². The molecule has 0 unspecified atom stereocenters. The third-order valence-corrected chi connectivity index (χ3v) is 1.46. The van der Waals surface area contributed by atoms with Gasteiger partial charge in [0.15, 0.2) is 6.26 Å². The minimum absolute atomic E-state index is 0.880. The number of fused-ring (bicyclic) bond motifs is 1. The lowest BCUT2D eigenvalue weighted by atomic mass is 10.1. The molecule has 0 atom stereocenters. The summed E-state index contributed by atoms with van der Waals surface area (Å²) in [5.41, 5.74) is 1.11. The van der Waals surface area contributed by atoms with Gasteiger partial charge in [0.1, 0.15) is 5.75 Å². The number of benzene rings is 1. The van der Waals surface area contributed by atoms with E-state index < -0.39 is 0 Å². The molecule has 1 aromatic rings. The van der Waals surface area contributed by atoms with Crippen LogP contribution in [0.3, 0.4) is 0 Å². The minimum atomic E-state index is 0.880. The molecule has 0 saturated heterocycles. The monoisotopic (exact) mass is 130 g/mol. The van der Waals surface area contributed by atoms with Crippen LogP contribution in [0.2, 0.25) is 0 Å². The zero-order valence-electron chi connectivity index (χ0n) is 5.42. The lowest BCUT2D eigenvalue weighted by molar-refractivity contribution is 0.436. The van der Waals surface area contributed by atoms with Crippen molar-refractivity contribution in [2.45, 2.75) is 6.42 Å². The summed E-state index contributed by atoms with van der Waals surface area (Å²) in [6, 6.07) is 8.81. The molecule has 0 bridgehead atoms. The zero-order valence-corrected chi connectivity index (χ0v) is 5.42. The molecule has 0 amide bonds. The Morgan fingerprint density at radius 2 is 2.50 bits per heavy atom. The van der Waals surface area contributed by atoms with Crippen molar-refractivity contribution in [2.75, 3.05) is 0 Å². The van der Waals surface area contributed by atoms with Gasteiger partial charge in [-0.05, 0) is 24.6 Å². The van der Waals surface area contributed by atoms with Crippen LogP contribution in [-0.4, -0.2) is 0 Å². The molecule has 10 heavy (non-hydrogen) atoms. The van der Waals surface area contributed by atoms with Crippen LogP contribution in [0.5, 0.6) is 5.75 Å². The highest BCUT2D eigenvalue weighted by Gasteiger charge is 2.03. The number of rotatable bonds is 0. The van der Waals surface area contributed by atoms with E-state index in [0.717, 1.165) is 17.7 Å². The van der Waals surface area contributed by atoms with Gasteiger partial charge in [-0.3, -0.25) is 0 Å². The standard InChI is InChI=1S/C9H6O/c1-2-6-9-8(4-1)5-3-7-10-9/h1-3,6H,5H2. The molecule has 2 radical (unpaired) electrons. The topological polar surface area (TPSA) is 9.23 Å². The van der Waals surface area contributed by atoms with Crippen molar-refractivity contribution in [1.29, 1.82) is 0 Å². The van der Waals surface area contributed by atoms with Gasteiger partial charge >= 0.3 is 0 Å². The van der Waals surface area contributed by atoms with Crippen LogP contribution >= 0.6 is 0 Å². The predicted octanol–water partition coefficient (Wildman–Crippen LogP) is 1.74. The molecular weight excluding hydrogens is 124 g/mol. The SMILES string of the molecule is [C]1=CCc2[c]cccc2O1. The zero-order chi connectivity index (χ0) is 6.81. The molecule has 0 aliphatic carbocycles. The maximum absolute atomic E-state index is 5.09. The van der Waals surface area contributed by atoms with Crippen molar-refractivity contribution >= 4 is 0 Å². The first-order valence-corrected chi connectivity index (χ1v) is 3.20. The largest absolute Gasteiger partial charge is 0.453 e. The van der Waals surface area contributed by atoms with E-state index in [4.69, 9.17) is 4.74 Å². The van der Waals surface area contributed by atoms with Crippen LogP contribution < -0.4 is 4.74 Å². The summed E-state index contributed by atoms with van der Waals surface area (Å²) in [6.07, 6.45) is 5.44. The van der Waals surface area contributed by atoms with Gasteiger partial charge in [0.05, 0.1) is 0 Å². The quantitative estimate of drug-likeness (QED) is 0.519. The second kappa shape index (κ2) is 2.18. The summed E-state index contributed by atoms with van der Waals surface area (Å²) in [5, 5.41) is 0. The Hall–Kier alpha value is -1.24. The number of hydrogen-bond acceptors (Lipinski definition) is 1. The summed E-state index contributed by atoms with van der Waals surface area (Å²) in [5.74, 6) is 0.880. The molecule has 1 aromatic carbocycles. The summed E-state index contributed by atoms with van der Waals surface area (Å²) >= 11 is 0. The first-order valence-electron chi connectivity index (χ1n) is 3.20. The average molecular weight is 130 g/mol. The van der Waals surface area contributed by atoms with Crippen molar-refractivity contribution in [3.63, 3.8) is 0 Å². The number of allylic oxidation sites excluding steroid dienone is 1. The molecule has 0 fully saturated rings. The molecule has 1 nitrogen and oxygen atoms in total. The molecule has 0 saturated carbocycles. The fourth-order valence-corrected chi connectivity index (χ4v) is 0.960. The Balaban J connectivity index is 2.47. The maximum Gasteiger partial charge on any atom is 0.165 e. The van der Waals surface area contributed by atoms with Crippen LogP contribution in [-0.2, 0) is 6.42 Å². The highest BCUT2D eigenvalue weighted by molar-refractivity contribution is 5.35. The molecular formula is C9H6O. The summed E-state index contributed by atoms with van der Waals surface area (Å²) in [7, 11) is 0. The Bertz CT molecular complexity index is 236. The second-order valence-electron chi connectivity index (χ2n) is 2.14. The second-order valence-corrected chi connectivity index (χ2v) is 2.14. The highest BCUT2D eigenvalue weighted by atomic mass is 16.5. The van der Waals surface area contributed by atoms with Gasteiger partial charge in [-0.25, -0.2) is 0 Å². The minimum Gasteiger partial charge on any atom is -0.453 e. The van der Waals surface area contributed by atoms with Gasteiger partial charge in [0.25, 0.3) is 0 Å². The Kier molecular flexibility index (Phi) is 1.21. The Morgan fingerprint density at radius 1 is 1.50 bits per heavy atom. The van der Waals surface area contributed by atoms with Gasteiger partial charge in [0, 0.05) is 5.56 Å². The predicted molar refractivity (Wildman–Crippen MR) is 37.4 cm³/mol. The van der Waals surface area contributed by atoms with E-state index in [9.17, 15) is 0 Å². The van der Waals surface area contributed by atoms with E-state index in [1.165, 1.54) is 0 Å². The van der Waals surface area contributed by atoms with E-state index in [1.54, 1.807) is 0 Å². The summed E-state index contributed by atoms with van der Waals surface area (Å²) in [6.45, 7) is 0. The van der Waals surface area contributed by atoms with Crippen LogP contribution in [0.4, 0.5) is 0 Å². The van der Waals surface area contributed by atoms with Crippen LogP contribution in [0.15, 0.2) is 24.3 Å². The van der Waals surface area contributed by atoms with Crippen molar-refractivity contribution in [2.24, 2.45) is 0 Å². The van der Waals surface area contributed by atoms with Crippen molar-refractivity contribution < 1.29 is 4.74 Å². The van der Waals surface area contributed by atoms with Gasteiger partial charge in [-0.1, -0.05) is 12.1 Å². The van der Waals surface area contributed by atoms with Gasteiger partial charge in [-0.2, -0.15) is 0 Å². The molecule has 1 heteroatoms. The van der Waals surface area contributed by atoms with Crippen molar-refractivity contribution in [1.82, 2.24) is 0 Å². The normalized spacial score (nSPS) is 14.0. The van der Waals surface area contributed by atoms with E-state index in [2.05, 4.69) is 12.3 Å². The van der Waals surface area contributed by atoms with Crippen molar-refractivity contribution in [3.05, 3.63) is 42.2 Å². The molecule has 1 aliphatic heterocycles. The molecule has 2 rings (SSSR count). The molecule has 1 aliphatic rings. The van der Waals surface area contributed by atoms with Crippen molar-refractivity contribution in [3.8, 4) is 5.75 Å². The van der Waals surface area contributed by atoms with E-state index >= 15 is 0 Å². The Morgan fingerprint density at radius 3 is 3.40 bits per heavy atom. The fourth-order valence-electron chi connectivity index (χ4n) is 0.960. The third kappa shape index (κ3) is 0.798. The maximum atomic E-state index is 5.09. The highest BCUT2D eigenvalue weighted by Crippen LogP contribution is 2.20. The first kappa shape index (κ1) is 5.54. The molecule has 0 spiro atoms. The molecule has 0 aromatic heterocycles. The van der Waals surface area contributed by atoms with Gasteiger partial charge < -0.3 is 4.74 Å². The molecule has 1 heterocycles. The van der Waals surface area contributed by atoms with Crippen LogP contribution in [0, 0.1) is 12.3 Å².